The topological polar surface area (TPSA) is 0 Å². The maximum absolute atomic E-state index is 2.98. The molecule has 0 bridgehead atoms. The molecule has 0 saturated heterocycles. The summed E-state index contributed by atoms with van der Waals surface area (Å²) in [5.74, 6) is 0. The molecule has 0 N–H and O–H groups in total. The Balaban J connectivity index is 1.33. The fraction of sp³-hybridized carbons (Fsp3) is 0.118. The molecule has 0 fully saturated rings. The summed E-state index contributed by atoms with van der Waals surface area (Å²) in [6, 6.07) is 51.3. The van der Waals surface area contributed by atoms with Gasteiger partial charge in [-0.3, -0.25) is 0 Å². The number of hydrogen-bond donors (Lipinski definition) is 0. The van der Waals surface area contributed by atoms with Crippen molar-refractivity contribution in [1.29, 1.82) is 0 Å². The molecule has 1 unspecified atom stereocenters. The summed E-state index contributed by atoms with van der Waals surface area (Å²) in [6.45, 7) is 0. The highest BCUT2D eigenvalue weighted by Gasteiger charge is 2.16. The summed E-state index contributed by atoms with van der Waals surface area (Å²) in [7, 11) is 2.22. The minimum absolute atomic E-state index is 0.373. The van der Waals surface area contributed by atoms with Crippen molar-refractivity contribution in [3.05, 3.63) is 151 Å². The first-order chi connectivity index (χ1) is 18.3. The average molecular weight is 535 g/mol. The zero-order valence-corrected chi connectivity index (χ0v) is 24.0. The van der Waals surface area contributed by atoms with Gasteiger partial charge in [0.25, 0.3) is 0 Å². The third kappa shape index (κ3) is 7.03. The largest absolute Gasteiger partial charge is 0.105 e. The highest BCUT2D eigenvalue weighted by molar-refractivity contribution is 7.73. The van der Waals surface area contributed by atoms with E-state index in [0.717, 1.165) is 19.0 Å². The van der Waals surface area contributed by atoms with Crippen LogP contribution in [0.1, 0.15) is 11.1 Å². The highest BCUT2D eigenvalue weighted by atomic mass is 31.1. The van der Waals surface area contributed by atoms with E-state index in [1.54, 1.807) is 0 Å². The minimum Gasteiger partial charge on any atom is -0.105 e. The summed E-state index contributed by atoms with van der Waals surface area (Å²) in [5.41, 5.74) is 2.91. The molecule has 0 aliphatic rings. The first-order valence-electron chi connectivity index (χ1n) is 12.9. The van der Waals surface area contributed by atoms with Crippen LogP contribution in [0.2, 0.25) is 0 Å². The van der Waals surface area contributed by atoms with Crippen LogP contribution in [0, 0.1) is 0 Å². The van der Waals surface area contributed by atoms with Crippen LogP contribution in [0.4, 0.5) is 0 Å². The molecule has 0 radical (unpaired) electrons. The van der Waals surface area contributed by atoms with E-state index in [4.69, 9.17) is 0 Å². The van der Waals surface area contributed by atoms with Crippen molar-refractivity contribution in [2.45, 2.75) is 12.8 Å². The van der Waals surface area contributed by atoms with Gasteiger partial charge in [0.1, 0.15) is 0 Å². The van der Waals surface area contributed by atoms with Gasteiger partial charge in [0.15, 0.2) is 0 Å². The molecule has 184 valence electrons. The van der Waals surface area contributed by atoms with Crippen LogP contribution in [0.15, 0.2) is 140 Å². The van der Waals surface area contributed by atoms with Crippen LogP contribution < -0.4 is 26.5 Å². The Morgan fingerprint density at radius 1 is 0.432 bits per heavy atom. The van der Waals surface area contributed by atoms with Crippen molar-refractivity contribution in [1.82, 2.24) is 0 Å². The number of benzene rings is 5. The second kappa shape index (κ2) is 13.3. The lowest BCUT2D eigenvalue weighted by Crippen LogP contribution is -2.17. The molecule has 1 atom stereocenters. The van der Waals surface area contributed by atoms with Crippen molar-refractivity contribution in [2.24, 2.45) is 0 Å². The quantitative estimate of drug-likeness (QED) is 0.179. The second-order valence-corrected chi connectivity index (χ2v) is 14.5. The average Bonchev–Trinajstić information content (AvgIpc) is 2.97. The van der Waals surface area contributed by atoms with E-state index in [1.807, 2.05) is 0 Å². The van der Waals surface area contributed by atoms with Gasteiger partial charge in [-0.2, -0.15) is 0 Å². The Kier molecular flexibility index (Phi) is 9.33. The standard InChI is InChI=1S/C34H33P3/c35-34-22-21-28(23-25-36(30-13-5-1-6-14-30)31-15-7-2-8-16-31)27-29(34)24-26-37(32-17-9-3-10-18-32)33-19-11-4-12-20-33/h1-22,27H,23-26,35H2. The SMILES string of the molecule is Pc1ccc(CCP(c2ccccc2)c2ccccc2)cc1CCP(c1ccccc1)c1ccccc1. The molecule has 5 aromatic rings. The Labute approximate surface area is 226 Å². The highest BCUT2D eigenvalue weighted by Crippen LogP contribution is 2.36. The lowest BCUT2D eigenvalue weighted by atomic mass is 10.1. The maximum Gasteiger partial charge on any atom is -0.0195 e. The normalized spacial score (nSPS) is 11.2. The van der Waals surface area contributed by atoms with Crippen LogP contribution in [-0.4, -0.2) is 12.3 Å². The molecule has 0 heterocycles. The predicted octanol–water partition coefficient (Wildman–Crippen LogP) is 6.54. The Hall–Kier alpha value is -2.61. The van der Waals surface area contributed by atoms with Crippen molar-refractivity contribution in [3.8, 4) is 0 Å². The van der Waals surface area contributed by atoms with Gasteiger partial charge in [-0.1, -0.05) is 140 Å². The third-order valence-corrected chi connectivity index (χ3v) is 12.3. The monoisotopic (exact) mass is 534 g/mol. The Morgan fingerprint density at radius 3 is 1.22 bits per heavy atom. The van der Waals surface area contributed by atoms with Gasteiger partial charge in [0, 0.05) is 0 Å². The molecule has 0 aliphatic heterocycles. The smallest absolute Gasteiger partial charge is 0.0195 e. The van der Waals surface area contributed by atoms with Crippen molar-refractivity contribution < 1.29 is 0 Å². The molecular weight excluding hydrogens is 501 g/mol. The van der Waals surface area contributed by atoms with Gasteiger partial charge >= 0.3 is 0 Å². The summed E-state index contributed by atoms with van der Waals surface area (Å²) in [4.78, 5) is 0. The lowest BCUT2D eigenvalue weighted by Gasteiger charge is -2.20. The zero-order chi connectivity index (χ0) is 25.3. The van der Waals surface area contributed by atoms with Gasteiger partial charge in [-0.25, -0.2) is 0 Å². The van der Waals surface area contributed by atoms with Crippen LogP contribution in [0.25, 0.3) is 0 Å². The van der Waals surface area contributed by atoms with Crippen molar-refractivity contribution in [3.63, 3.8) is 0 Å². The van der Waals surface area contributed by atoms with Gasteiger partial charge < -0.3 is 0 Å². The summed E-state index contributed by atoms with van der Waals surface area (Å²) in [6.07, 6.45) is 4.52. The molecular formula is C34H33P3. The molecule has 0 aromatic heterocycles. The van der Waals surface area contributed by atoms with Crippen LogP contribution >= 0.6 is 25.1 Å². The van der Waals surface area contributed by atoms with E-state index in [2.05, 4.69) is 149 Å². The summed E-state index contributed by atoms with van der Waals surface area (Å²) >= 11 is 0. The molecule has 37 heavy (non-hydrogen) atoms. The van der Waals surface area contributed by atoms with Gasteiger partial charge in [-0.05, 0) is 78.7 Å². The lowest BCUT2D eigenvalue weighted by molar-refractivity contribution is 1.11. The van der Waals surface area contributed by atoms with Crippen molar-refractivity contribution in [2.75, 3.05) is 12.3 Å². The molecule has 0 aliphatic carbocycles. The van der Waals surface area contributed by atoms with E-state index >= 15 is 0 Å². The van der Waals surface area contributed by atoms with Crippen LogP contribution in [0.5, 0.6) is 0 Å². The first kappa shape index (κ1) is 26.0. The van der Waals surface area contributed by atoms with E-state index in [1.165, 1.54) is 43.8 Å². The first-order valence-corrected chi connectivity index (χ1v) is 16.5. The Bertz CT molecular complexity index is 1290. The van der Waals surface area contributed by atoms with Crippen molar-refractivity contribution >= 4 is 51.6 Å². The van der Waals surface area contributed by atoms with E-state index in [-0.39, 0.29) is 15.8 Å². The third-order valence-electron chi connectivity index (χ3n) is 6.71. The molecule has 5 aromatic carbocycles. The molecule has 0 amide bonds. The predicted molar refractivity (Wildman–Crippen MR) is 171 cm³/mol. The minimum atomic E-state index is -0.381. The van der Waals surface area contributed by atoms with Gasteiger partial charge in [0.05, 0.1) is 0 Å². The summed E-state index contributed by atoms with van der Waals surface area (Å²) < 4.78 is 0. The van der Waals surface area contributed by atoms with E-state index in [0.29, 0.717) is 0 Å². The zero-order valence-electron chi connectivity index (χ0n) is 21.1. The number of rotatable bonds is 10. The maximum atomic E-state index is 2.98. The van der Waals surface area contributed by atoms with E-state index < -0.39 is 0 Å². The fourth-order valence-corrected chi connectivity index (χ4v) is 9.78. The number of aryl methyl sites for hydroxylation is 2. The molecule has 5 rings (SSSR count). The fourth-order valence-electron chi connectivity index (χ4n) is 4.75. The Morgan fingerprint density at radius 2 is 0.811 bits per heavy atom. The van der Waals surface area contributed by atoms with Gasteiger partial charge in [0.2, 0.25) is 0 Å². The molecule has 3 heteroatoms. The number of hydrogen-bond acceptors (Lipinski definition) is 0. The van der Waals surface area contributed by atoms with E-state index in [9.17, 15) is 0 Å². The van der Waals surface area contributed by atoms with Crippen LogP contribution in [0.3, 0.4) is 0 Å². The van der Waals surface area contributed by atoms with Gasteiger partial charge in [-0.15, -0.1) is 9.24 Å². The molecule has 0 spiro atoms. The van der Waals surface area contributed by atoms with Crippen LogP contribution in [-0.2, 0) is 12.8 Å². The molecule has 0 nitrogen and oxygen atoms in total. The summed E-state index contributed by atoms with van der Waals surface area (Å²) in [5, 5.41) is 7.17. The molecule has 0 saturated carbocycles. The second-order valence-electron chi connectivity index (χ2n) is 9.18.